The molecule has 0 bridgehead atoms. The number of amides is 1. The van der Waals surface area contributed by atoms with Crippen LogP contribution in [0.25, 0.3) is 21.0 Å². The molecule has 0 atom stereocenters. The molecule has 0 unspecified atom stereocenters. The fourth-order valence-electron chi connectivity index (χ4n) is 2.62. The lowest BCUT2D eigenvalue weighted by Crippen LogP contribution is -2.21. The van der Waals surface area contributed by atoms with Crippen LogP contribution >= 0.6 is 22.9 Å². The summed E-state index contributed by atoms with van der Waals surface area (Å²) in [6, 6.07) is 11.4. The SMILES string of the molecule is Cc1ccc2nc(Cl)c3cc(C(=O)NCc4ccco4)sc3c2c1. The maximum absolute atomic E-state index is 12.4. The van der Waals surface area contributed by atoms with E-state index in [-0.39, 0.29) is 5.91 Å². The molecular weight excluding hydrogens is 344 g/mol. The lowest BCUT2D eigenvalue weighted by atomic mass is 10.1. The van der Waals surface area contributed by atoms with Crippen LogP contribution in [0, 0.1) is 6.92 Å². The number of nitrogens with zero attached hydrogens (tertiary/aromatic N) is 1. The Morgan fingerprint density at radius 1 is 1.29 bits per heavy atom. The Morgan fingerprint density at radius 2 is 2.17 bits per heavy atom. The van der Waals surface area contributed by atoms with Crippen LogP contribution in [0.1, 0.15) is 21.0 Å². The molecule has 0 aliphatic heterocycles. The van der Waals surface area contributed by atoms with E-state index in [1.807, 2.05) is 25.1 Å². The minimum Gasteiger partial charge on any atom is -0.467 e. The van der Waals surface area contributed by atoms with Gasteiger partial charge in [-0.05, 0) is 37.3 Å². The molecule has 120 valence electrons. The van der Waals surface area contributed by atoms with E-state index >= 15 is 0 Å². The minimum atomic E-state index is -0.149. The Morgan fingerprint density at radius 3 is 2.96 bits per heavy atom. The van der Waals surface area contributed by atoms with Crippen LogP contribution in [0.3, 0.4) is 0 Å². The normalized spacial score (nSPS) is 11.2. The number of hydrogen-bond donors (Lipinski definition) is 1. The summed E-state index contributed by atoms with van der Waals surface area (Å²) in [6.45, 7) is 2.39. The number of furan rings is 1. The van der Waals surface area contributed by atoms with Gasteiger partial charge in [-0.15, -0.1) is 11.3 Å². The lowest BCUT2D eigenvalue weighted by Gasteiger charge is -2.02. The summed E-state index contributed by atoms with van der Waals surface area (Å²) < 4.78 is 6.21. The van der Waals surface area contributed by atoms with Gasteiger partial charge in [0.1, 0.15) is 10.9 Å². The summed E-state index contributed by atoms with van der Waals surface area (Å²) in [5.74, 6) is 0.565. The highest BCUT2D eigenvalue weighted by atomic mass is 35.5. The van der Waals surface area contributed by atoms with Crippen LogP contribution in [0.4, 0.5) is 0 Å². The fraction of sp³-hybridized carbons (Fsp3) is 0.111. The van der Waals surface area contributed by atoms with Gasteiger partial charge in [0, 0.05) is 15.5 Å². The summed E-state index contributed by atoms with van der Waals surface area (Å²) >= 11 is 7.73. The van der Waals surface area contributed by atoms with Crippen molar-refractivity contribution in [3.05, 3.63) is 64.0 Å². The van der Waals surface area contributed by atoms with Crippen molar-refractivity contribution >= 4 is 49.8 Å². The predicted molar refractivity (Wildman–Crippen MR) is 96.8 cm³/mol. The van der Waals surface area contributed by atoms with Crippen molar-refractivity contribution in [2.75, 3.05) is 0 Å². The van der Waals surface area contributed by atoms with Gasteiger partial charge >= 0.3 is 0 Å². The molecule has 24 heavy (non-hydrogen) atoms. The van der Waals surface area contributed by atoms with Gasteiger partial charge in [-0.1, -0.05) is 23.2 Å². The third kappa shape index (κ3) is 2.66. The quantitative estimate of drug-likeness (QED) is 0.529. The third-order valence-corrected chi connectivity index (χ3v) is 5.25. The van der Waals surface area contributed by atoms with Crippen molar-refractivity contribution < 1.29 is 9.21 Å². The van der Waals surface area contributed by atoms with Crippen molar-refractivity contribution in [3.63, 3.8) is 0 Å². The van der Waals surface area contributed by atoms with Gasteiger partial charge in [0.15, 0.2) is 0 Å². The Kier molecular flexibility index (Phi) is 3.75. The molecule has 1 amide bonds. The Bertz CT molecular complexity index is 1050. The van der Waals surface area contributed by atoms with E-state index in [1.165, 1.54) is 11.3 Å². The van der Waals surface area contributed by atoms with E-state index in [0.29, 0.717) is 22.3 Å². The van der Waals surface area contributed by atoms with Gasteiger partial charge in [0.05, 0.1) is 23.2 Å². The average molecular weight is 357 g/mol. The standard InChI is InChI=1S/C18H13ClN2O2S/c1-10-4-5-14-12(7-10)16-13(17(19)21-14)8-15(24-16)18(22)20-9-11-3-2-6-23-11/h2-8H,9H2,1H3,(H,20,22). The first-order chi connectivity index (χ1) is 11.6. The first-order valence-electron chi connectivity index (χ1n) is 7.42. The molecular formula is C18H13ClN2O2S. The molecule has 0 saturated heterocycles. The number of thiophene rings is 1. The monoisotopic (exact) mass is 356 g/mol. The van der Waals surface area contributed by atoms with Crippen molar-refractivity contribution in [2.24, 2.45) is 0 Å². The second-order valence-corrected chi connectivity index (χ2v) is 6.95. The van der Waals surface area contributed by atoms with E-state index in [9.17, 15) is 4.79 Å². The number of hydrogen-bond acceptors (Lipinski definition) is 4. The van der Waals surface area contributed by atoms with Crippen LogP contribution in [-0.2, 0) is 6.54 Å². The number of carbonyl (C=O) groups is 1. The maximum atomic E-state index is 12.4. The highest BCUT2D eigenvalue weighted by Crippen LogP contribution is 2.36. The average Bonchev–Trinajstić information content (AvgIpc) is 3.23. The Labute approximate surface area is 147 Å². The molecule has 4 rings (SSSR count). The second-order valence-electron chi connectivity index (χ2n) is 5.54. The maximum Gasteiger partial charge on any atom is 0.261 e. The van der Waals surface area contributed by atoms with Gasteiger partial charge in [0.25, 0.3) is 5.91 Å². The molecule has 1 aromatic carbocycles. The summed E-state index contributed by atoms with van der Waals surface area (Å²) in [7, 11) is 0. The number of nitrogens with one attached hydrogen (secondary N) is 1. The molecule has 0 saturated carbocycles. The molecule has 0 radical (unpaired) electrons. The van der Waals surface area contributed by atoms with Gasteiger partial charge in [0.2, 0.25) is 0 Å². The van der Waals surface area contributed by atoms with Gasteiger partial charge in [-0.2, -0.15) is 0 Å². The molecule has 4 nitrogen and oxygen atoms in total. The highest BCUT2D eigenvalue weighted by molar-refractivity contribution is 7.21. The van der Waals surface area contributed by atoms with Crippen molar-refractivity contribution in [3.8, 4) is 0 Å². The first kappa shape index (κ1) is 15.2. The summed E-state index contributed by atoms with van der Waals surface area (Å²) in [5, 5.41) is 5.10. The van der Waals surface area contributed by atoms with Crippen LogP contribution in [0.2, 0.25) is 5.15 Å². The largest absolute Gasteiger partial charge is 0.467 e. The van der Waals surface area contributed by atoms with Gasteiger partial charge < -0.3 is 9.73 Å². The minimum absolute atomic E-state index is 0.149. The molecule has 0 fully saturated rings. The number of aryl methyl sites for hydroxylation is 1. The molecule has 0 aliphatic rings. The zero-order valence-electron chi connectivity index (χ0n) is 12.8. The number of pyridine rings is 1. The fourth-order valence-corrected chi connectivity index (χ4v) is 4.02. The number of rotatable bonds is 3. The molecule has 6 heteroatoms. The van der Waals surface area contributed by atoms with E-state index < -0.39 is 0 Å². The molecule has 4 aromatic rings. The van der Waals surface area contributed by atoms with Crippen molar-refractivity contribution in [2.45, 2.75) is 13.5 Å². The van der Waals surface area contributed by atoms with Crippen LogP contribution in [0.15, 0.2) is 47.1 Å². The molecule has 3 aromatic heterocycles. The third-order valence-electron chi connectivity index (χ3n) is 3.80. The lowest BCUT2D eigenvalue weighted by molar-refractivity contribution is 0.0952. The van der Waals surface area contributed by atoms with Crippen LogP contribution < -0.4 is 5.32 Å². The molecule has 0 spiro atoms. The number of aromatic nitrogens is 1. The first-order valence-corrected chi connectivity index (χ1v) is 8.61. The second kappa shape index (κ2) is 5.92. The van der Waals surface area contributed by atoms with E-state index in [2.05, 4.69) is 16.4 Å². The Hall–Kier alpha value is -2.37. The highest BCUT2D eigenvalue weighted by Gasteiger charge is 2.15. The molecule has 3 heterocycles. The van der Waals surface area contributed by atoms with Crippen molar-refractivity contribution in [1.82, 2.24) is 10.3 Å². The van der Waals surface area contributed by atoms with Crippen molar-refractivity contribution in [1.29, 1.82) is 0 Å². The number of fused-ring (bicyclic) bond motifs is 3. The van der Waals surface area contributed by atoms with E-state index in [1.54, 1.807) is 18.4 Å². The number of halogens is 1. The van der Waals surface area contributed by atoms with Crippen LogP contribution in [0.5, 0.6) is 0 Å². The number of carbonyl (C=O) groups excluding carboxylic acids is 1. The topological polar surface area (TPSA) is 55.1 Å². The summed E-state index contributed by atoms with van der Waals surface area (Å²) in [6.07, 6.45) is 1.58. The zero-order chi connectivity index (χ0) is 16.7. The molecule has 0 aliphatic carbocycles. The Balaban J connectivity index is 1.74. The van der Waals surface area contributed by atoms with E-state index in [0.717, 1.165) is 26.6 Å². The summed E-state index contributed by atoms with van der Waals surface area (Å²) in [4.78, 5) is 17.5. The van der Waals surface area contributed by atoms with Crippen LogP contribution in [-0.4, -0.2) is 10.9 Å². The predicted octanol–water partition coefficient (Wildman–Crippen LogP) is 4.93. The zero-order valence-corrected chi connectivity index (χ0v) is 14.4. The summed E-state index contributed by atoms with van der Waals surface area (Å²) in [5.41, 5.74) is 1.98. The smallest absolute Gasteiger partial charge is 0.261 e. The van der Waals surface area contributed by atoms with Gasteiger partial charge in [-0.3, -0.25) is 4.79 Å². The number of benzene rings is 1. The van der Waals surface area contributed by atoms with Gasteiger partial charge in [-0.25, -0.2) is 4.98 Å². The molecule has 1 N–H and O–H groups in total. The van der Waals surface area contributed by atoms with E-state index in [4.69, 9.17) is 16.0 Å².